The van der Waals surface area contributed by atoms with E-state index in [1.165, 1.54) is 0 Å². The zero-order valence-electron chi connectivity index (χ0n) is 6.82. The van der Waals surface area contributed by atoms with Crippen molar-refractivity contribution in [3.63, 3.8) is 0 Å². The van der Waals surface area contributed by atoms with Gasteiger partial charge < -0.3 is 10.5 Å². The van der Waals surface area contributed by atoms with Crippen molar-refractivity contribution in [1.29, 1.82) is 0 Å². The highest BCUT2D eigenvalue weighted by molar-refractivity contribution is 7.99. The molecule has 0 aromatic heterocycles. The molecule has 0 saturated heterocycles. The van der Waals surface area contributed by atoms with Crippen molar-refractivity contribution < 1.29 is 9.53 Å². The van der Waals surface area contributed by atoms with Crippen molar-refractivity contribution in [3.8, 4) is 0 Å². The van der Waals surface area contributed by atoms with Gasteiger partial charge in [-0.05, 0) is 24.0 Å². The van der Waals surface area contributed by atoms with Crippen molar-refractivity contribution in [2.45, 2.75) is 11.9 Å². The Morgan fingerprint density at radius 1 is 1.83 bits per heavy atom. The predicted molar refractivity (Wildman–Crippen MR) is 49.4 cm³/mol. The van der Waals surface area contributed by atoms with Crippen LogP contribution in [0, 0.1) is 0 Å². The van der Waals surface area contributed by atoms with E-state index in [9.17, 15) is 4.79 Å². The van der Waals surface area contributed by atoms with Gasteiger partial charge in [-0.1, -0.05) is 0 Å². The normalized spacial score (nSPS) is 21.4. The SMILES string of the molecule is CSC1C=C(CC(N)=O)C=CO1. The molecule has 3 nitrogen and oxygen atoms in total. The quantitative estimate of drug-likeness (QED) is 0.714. The van der Waals surface area contributed by atoms with Gasteiger partial charge in [0.25, 0.3) is 0 Å². The highest BCUT2D eigenvalue weighted by atomic mass is 32.2. The molecule has 0 aromatic rings. The van der Waals surface area contributed by atoms with Gasteiger partial charge in [0.15, 0.2) is 5.44 Å². The van der Waals surface area contributed by atoms with Gasteiger partial charge in [-0.3, -0.25) is 4.79 Å². The summed E-state index contributed by atoms with van der Waals surface area (Å²) in [4.78, 5) is 10.6. The average molecular weight is 185 g/mol. The molecule has 1 amide bonds. The maximum Gasteiger partial charge on any atom is 0.221 e. The Morgan fingerprint density at radius 3 is 3.17 bits per heavy atom. The first-order chi connectivity index (χ1) is 5.72. The topological polar surface area (TPSA) is 52.3 Å². The minimum atomic E-state index is -0.312. The van der Waals surface area contributed by atoms with E-state index >= 15 is 0 Å². The lowest BCUT2D eigenvalue weighted by atomic mass is 10.1. The first-order valence-corrected chi connectivity index (χ1v) is 4.85. The number of thioether (sulfide) groups is 1. The fourth-order valence-corrected chi connectivity index (χ4v) is 1.40. The number of carbonyl (C=O) groups excluding carboxylic acids is 1. The van der Waals surface area contributed by atoms with Gasteiger partial charge in [-0.2, -0.15) is 0 Å². The molecule has 2 N–H and O–H groups in total. The van der Waals surface area contributed by atoms with E-state index in [-0.39, 0.29) is 17.8 Å². The number of nitrogens with two attached hydrogens (primary N) is 1. The Balaban J connectivity index is 2.57. The smallest absolute Gasteiger partial charge is 0.221 e. The molecule has 1 heterocycles. The fraction of sp³-hybridized carbons (Fsp3) is 0.375. The lowest BCUT2D eigenvalue weighted by Crippen LogP contribution is -2.13. The monoisotopic (exact) mass is 185 g/mol. The third-order valence-electron chi connectivity index (χ3n) is 1.46. The van der Waals surface area contributed by atoms with Gasteiger partial charge in [0.1, 0.15) is 0 Å². The second kappa shape index (κ2) is 4.21. The van der Waals surface area contributed by atoms with Crippen LogP contribution in [0.3, 0.4) is 0 Å². The Hall–Kier alpha value is -0.900. The molecule has 0 spiro atoms. The van der Waals surface area contributed by atoms with Crippen LogP contribution in [0.4, 0.5) is 0 Å². The molecule has 1 aliphatic heterocycles. The lowest BCUT2D eigenvalue weighted by molar-refractivity contribution is -0.117. The molecule has 1 rings (SSSR count). The summed E-state index contributed by atoms with van der Waals surface area (Å²) >= 11 is 1.57. The standard InChI is InChI=1S/C8H11NO2S/c1-12-8-5-6(2-3-11-8)4-7(9)10/h2-3,5,8H,4H2,1H3,(H2,9,10). The second-order valence-electron chi connectivity index (χ2n) is 2.43. The number of primary amides is 1. The summed E-state index contributed by atoms with van der Waals surface area (Å²) in [6, 6.07) is 0. The molecule has 0 saturated carbocycles. The van der Waals surface area contributed by atoms with Gasteiger partial charge >= 0.3 is 0 Å². The van der Waals surface area contributed by atoms with Crippen molar-refractivity contribution in [3.05, 3.63) is 24.0 Å². The van der Waals surface area contributed by atoms with Crippen LogP contribution in [0.1, 0.15) is 6.42 Å². The molecule has 0 radical (unpaired) electrons. The van der Waals surface area contributed by atoms with Crippen molar-refractivity contribution in [2.24, 2.45) is 5.73 Å². The minimum absolute atomic E-state index is 0.0179. The van der Waals surface area contributed by atoms with E-state index in [1.54, 1.807) is 24.1 Å². The maximum absolute atomic E-state index is 10.6. The summed E-state index contributed by atoms with van der Waals surface area (Å²) in [6.07, 6.45) is 7.49. The van der Waals surface area contributed by atoms with Crippen molar-refractivity contribution in [2.75, 3.05) is 6.26 Å². The predicted octanol–water partition coefficient (Wildman–Crippen LogP) is 1.02. The maximum atomic E-state index is 10.6. The molecule has 0 aromatic carbocycles. The number of amides is 1. The molecule has 1 atom stereocenters. The number of rotatable bonds is 3. The van der Waals surface area contributed by atoms with Crippen molar-refractivity contribution >= 4 is 17.7 Å². The van der Waals surface area contributed by atoms with E-state index in [0.717, 1.165) is 5.57 Å². The highest BCUT2D eigenvalue weighted by Gasteiger charge is 2.09. The third-order valence-corrected chi connectivity index (χ3v) is 2.17. The van der Waals surface area contributed by atoms with Crippen molar-refractivity contribution in [1.82, 2.24) is 0 Å². The van der Waals surface area contributed by atoms with Gasteiger partial charge in [0, 0.05) is 0 Å². The second-order valence-corrected chi connectivity index (χ2v) is 3.36. The molecule has 0 bridgehead atoms. The third kappa shape index (κ3) is 2.62. The highest BCUT2D eigenvalue weighted by Crippen LogP contribution is 2.19. The zero-order chi connectivity index (χ0) is 8.97. The van der Waals surface area contributed by atoms with Crippen LogP contribution in [0.2, 0.25) is 0 Å². The first kappa shape index (κ1) is 9.19. The van der Waals surface area contributed by atoms with Crippen LogP contribution in [0.15, 0.2) is 24.0 Å². The molecule has 1 aliphatic rings. The molecule has 12 heavy (non-hydrogen) atoms. The summed E-state index contributed by atoms with van der Waals surface area (Å²) in [7, 11) is 0. The molecule has 66 valence electrons. The number of carbonyl (C=O) groups is 1. The summed E-state index contributed by atoms with van der Waals surface area (Å²) < 4.78 is 5.19. The van der Waals surface area contributed by atoms with E-state index < -0.39 is 0 Å². The molecule has 0 fully saturated rings. The van der Waals surface area contributed by atoms with Crippen LogP contribution < -0.4 is 5.73 Å². The largest absolute Gasteiger partial charge is 0.483 e. The number of hydrogen-bond donors (Lipinski definition) is 1. The molecular weight excluding hydrogens is 174 g/mol. The molecule has 0 aliphatic carbocycles. The summed E-state index contributed by atoms with van der Waals surface area (Å²) in [5.41, 5.74) is 5.99. The summed E-state index contributed by atoms with van der Waals surface area (Å²) in [6.45, 7) is 0. The van der Waals surface area contributed by atoms with Gasteiger partial charge in [0.05, 0.1) is 12.7 Å². The van der Waals surface area contributed by atoms with E-state index in [0.29, 0.717) is 0 Å². The van der Waals surface area contributed by atoms with E-state index in [4.69, 9.17) is 10.5 Å². The number of hydrogen-bond acceptors (Lipinski definition) is 3. The lowest BCUT2D eigenvalue weighted by Gasteiger charge is -2.15. The number of allylic oxidation sites excluding steroid dienone is 1. The van der Waals surface area contributed by atoms with E-state index in [2.05, 4.69) is 0 Å². The Kier molecular flexibility index (Phi) is 3.22. The average Bonchev–Trinajstić information content (AvgIpc) is 2.03. The number of ether oxygens (including phenoxy) is 1. The molecular formula is C8H11NO2S. The Morgan fingerprint density at radius 2 is 2.58 bits per heavy atom. The Labute approximate surface area is 75.6 Å². The van der Waals surface area contributed by atoms with Crippen LogP contribution in [-0.4, -0.2) is 17.6 Å². The first-order valence-electron chi connectivity index (χ1n) is 3.56. The Bertz CT molecular complexity index is 235. The zero-order valence-corrected chi connectivity index (χ0v) is 7.64. The summed E-state index contributed by atoms with van der Waals surface area (Å²) in [5.74, 6) is -0.312. The van der Waals surface area contributed by atoms with E-state index in [1.807, 2.05) is 12.3 Å². The van der Waals surface area contributed by atoms with Crippen LogP contribution in [0.25, 0.3) is 0 Å². The van der Waals surface area contributed by atoms with Crippen LogP contribution in [0.5, 0.6) is 0 Å². The molecule has 1 unspecified atom stereocenters. The van der Waals surface area contributed by atoms with Gasteiger partial charge in [-0.25, -0.2) is 0 Å². The van der Waals surface area contributed by atoms with Crippen LogP contribution >= 0.6 is 11.8 Å². The van der Waals surface area contributed by atoms with Crippen LogP contribution in [-0.2, 0) is 9.53 Å². The summed E-state index contributed by atoms with van der Waals surface area (Å²) in [5, 5.41) is 0. The molecule has 4 heteroatoms. The fourth-order valence-electron chi connectivity index (χ4n) is 0.916. The van der Waals surface area contributed by atoms with Gasteiger partial charge in [-0.15, -0.1) is 11.8 Å². The minimum Gasteiger partial charge on any atom is -0.483 e. The van der Waals surface area contributed by atoms with Gasteiger partial charge in [0.2, 0.25) is 5.91 Å².